The lowest BCUT2D eigenvalue weighted by atomic mass is 10.2. The maximum absolute atomic E-state index is 13.3. The van der Waals surface area contributed by atoms with Gasteiger partial charge in [0, 0.05) is 18.8 Å². The average molecular weight is 491 g/mol. The molecule has 0 fully saturated rings. The summed E-state index contributed by atoms with van der Waals surface area (Å²) in [5.41, 5.74) is -0.240. The molecule has 3 amide bonds. The number of carbonyl (C=O) groups excluding carboxylic acids is 2. The van der Waals surface area contributed by atoms with Gasteiger partial charge in [0.05, 0.1) is 18.4 Å². The lowest BCUT2D eigenvalue weighted by Crippen LogP contribution is -2.44. The van der Waals surface area contributed by atoms with Crippen LogP contribution in [0.15, 0.2) is 71.3 Å². The number of carbonyl (C=O) groups is 2. The molecule has 0 bridgehead atoms. The molecule has 0 unspecified atom stereocenters. The summed E-state index contributed by atoms with van der Waals surface area (Å²) in [6.07, 6.45) is -2.55. The second-order valence-corrected chi connectivity index (χ2v) is 7.89. The number of rotatable bonds is 9. The van der Waals surface area contributed by atoms with Gasteiger partial charge in [0.15, 0.2) is 0 Å². The number of nitrogens with zero attached hydrogens (tertiary/aromatic N) is 2. The maximum atomic E-state index is 13.3. The molecule has 1 aromatic heterocycles. The van der Waals surface area contributed by atoms with Gasteiger partial charge < -0.3 is 19.5 Å². The molecule has 2 aromatic carbocycles. The Hall–Kier alpha value is -3.82. The van der Waals surface area contributed by atoms with Crippen LogP contribution in [0.2, 0.25) is 0 Å². The molecular weight excluding hydrogens is 466 g/mol. The molecular formula is C25H25F4N3O3. The SMILES string of the molecule is CCCN(CC(=O)N(Cc1ccc(F)cc1)Cc1ccco1)C(=O)Nc1cccc(C(F)(F)F)c1. The Morgan fingerprint density at radius 1 is 0.971 bits per heavy atom. The van der Waals surface area contributed by atoms with Crippen LogP contribution in [0.4, 0.5) is 28.0 Å². The van der Waals surface area contributed by atoms with Crippen molar-refractivity contribution in [2.75, 3.05) is 18.4 Å². The van der Waals surface area contributed by atoms with Crippen LogP contribution in [0.3, 0.4) is 0 Å². The minimum absolute atomic E-state index is 0.0304. The molecule has 0 spiro atoms. The van der Waals surface area contributed by atoms with Crippen LogP contribution in [0.25, 0.3) is 0 Å². The van der Waals surface area contributed by atoms with Crippen LogP contribution in [-0.4, -0.2) is 34.8 Å². The van der Waals surface area contributed by atoms with Crippen molar-refractivity contribution < 1.29 is 31.6 Å². The van der Waals surface area contributed by atoms with E-state index in [-0.39, 0.29) is 31.9 Å². The molecule has 186 valence electrons. The molecule has 0 atom stereocenters. The van der Waals surface area contributed by atoms with Crippen LogP contribution in [-0.2, 0) is 24.1 Å². The van der Waals surface area contributed by atoms with E-state index in [1.165, 1.54) is 40.3 Å². The Labute approximate surface area is 200 Å². The first-order chi connectivity index (χ1) is 16.7. The van der Waals surface area contributed by atoms with Gasteiger partial charge in [0.2, 0.25) is 5.91 Å². The molecule has 0 aliphatic carbocycles. The Bertz CT molecular complexity index is 1120. The molecule has 0 saturated heterocycles. The Morgan fingerprint density at radius 2 is 1.71 bits per heavy atom. The van der Waals surface area contributed by atoms with Crippen LogP contribution in [0, 0.1) is 5.82 Å². The highest BCUT2D eigenvalue weighted by Crippen LogP contribution is 2.30. The Balaban J connectivity index is 1.74. The predicted octanol–water partition coefficient (Wildman–Crippen LogP) is 5.91. The molecule has 0 aliphatic rings. The molecule has 6 nitrogen and oxygen atoms in total. The first-order valence-electron chi connectivity index (χ1n) is 10.9. The number of benzene rings is 2. The fourth-order valence-corrected chi connectivity index (χ4v) is 3.39. The summed E-state index contributed by atoms with van der Waals surface area (Å²) >= 11 is 0. The number of hydrogen-bond acceptors (Lipinski definition) is 3. The largest absolute Gasteiger partial charge is 0.467 e. The minimum atomic E-state index is -4.55. The van der Waals surface area contributed by atoms with Crippen molar-refractivity contribution in [1.29, 1.82) is 0 Å². The zero-order valence-corrected chi connectivity index (χ0v) is 19.0. The number of halogens is 4. The topological polar surface area (TPSA) is 65.8 Å². The number of urea groups is 1. The van der Waals surface area contributed by atoms with Crippen LogP contribution in [0.1, 0.15) is 30.2 Å². The molecule has 0 aliphatic heterocycles. The van der Waals surface area contributed by atoms with Gasteiger partial charge in [-0.05, 0) is 54.4 Å². The third-order valence-corrected chi connectivity index (χ3v) is 5.11. The van der Waals surface area contributed by atoms with Gasteiger partial charge in [0.1, 0.15) is 18.1 Å². The highest BCUT2D eigenvalue weighted by Gasteiger charge is 2.30. The summed E-state index contributed by atoms with van der Waals surface area (Å²) in [5.74, 6) is -0.285. The van der Waals surface area contributed by atoms with Crippen LogP contribution < -0.4 is 5.32 Å². The number of hydrogen-bond donors (Lipinski definition) is 1. The normalized spacial score (nSPS) is 11.2. The summed E-state index contributed by atoms with van der Waals surface area (Å²) in [6, 6.07) is 12.7. The van der Waals surface area contributed by atoms with Crippen LogP contribution >= 0.6 is 0 Å². The number of furan rings is 1. The second-order valence-electron chi connectivity index (χ2n) is 7.89. The van der Waals surface area contributed by atoms with E-state index < -0.39 is 29.5 Å². The van der Waals surface area contributed by atoms with Crippen molar-refractivity contribution in [3.8, 4) is 0 Å². The molecule has 1 heterocycles. The number of alkyl halides is 3. The maximum Gasteiger partial charge on any atom is 0.416 e. The molecule has 3 aromatic rings. The fraction of sp³-hybridized carbons (Fsp3) is 0.280. The zero-order valence-electron chi connectivity index (χ0n) is 19.0. The summed E-state index contributed by atoms with van der Waals surface area (Å²) in [7, 11) is 0. The third kappa shape index (κ3) is 7.59. The van der Waals surface area contributed by atoms with E-state index in [1.807, 2.05) is 6.92 Å². The van der Waals surface area contributed by atoms with E-state index in [4.69, 9.17) is 4.42 Å². The minimum Gasteiger partial charge on any atom is -0.467 e. The quantitative estimate of drug-likeness (QED) is 0.379. The Kier molecular flexibility index (Phi) is 8.51. The van der Waals surface area contributed by atoms with E-state index in [0.29, 0.717) is 17.7 Å². The number of amides is 3. The van der Waals surface area contributed by atoms with Gasteiger partial charge in [-0.1, -0.05) is 25.1 Å². The van der Waals surface area contributed by atoms with E-state index in [0.717, 1.165) is 12.1 Å². The van der Waals surface area contributed by atoms with E-state index in [1.54, 1.807) is 24.3 Å². The van der Waals surface area contributed by atoms with Gasteiger partial charge in [-0.3, -0.25) is 4.79 Å². The zero-order chi connectivity index (χ0) is 25.4. The summed E-state index contributed by atoms with van der Waals surface area (Å²) in [5, 5.41) is 2.44. The van der Waals surface area contributed by atoms with Crippen molar-refractivity contribution in [1.82, 2.24) is 9.80 Å². The van der Waals surface area contributed by atoms with E-state index >= 15 is 0 Å². The number of anilines is 1. The standard InChI is InChI=1S/C25H25F4N3O3/c1-2-12-31(24(34)30-21-6-3-5-19(14-21)25(27,28)29)17-23(33)32(16-22-7-4-13-35-22)15-18-8-10-20(26)11-9-18/h3-11,13-14H,2,12,15-17H2,1H3,(H,30,34). The first kappa shape index (κ1) is 25.8. The average Bonchev–Trinajstić information content (AvgIpc) is 3.32. The van der Waals surface area contributed by atoms with Crippen LogP contribution in [0.5, 0.6) is 0 Å². The predicted molar refractivity (Wildman–Crippen MR) is 122 cm³/mol. The molecule has 35 heavy (non-hydrogen) atoms. The highest BCUT2D eigenvalue weighted by atomic mass is 19.4. The lowest BCUT2D eigenvalue weighted by Gasteiger charge is -2.27. The molecule has 10 heteroatoms. The second kappa shape index (κ2) is 11.5. The summed E-state index contributed by atoms with van der Waals surface area (Å²) < 4.78 is 57.6. The van der Waals surface area contributed by atoms with Gasteiger partial charge in [-0.2, -0.15) is 13.2 Å². The first-order valence-corrected chi connectivity index (χ1v) is 10.9. The third-order valence-electron chi connectivity index (χ3n) is 5.11. The molecule has 3 rings (SSSR count). The fourth-order valence-electron chi connectivity index (χ4n) is 3.39. The van der Waals surface area contributed by atoms with Gasteiger partial charge in [-0.15, -0.1) is 0 Å². The Morgan fingerprint density at radius 3 is 2.34 bits per heavy atom. The van der Waals surface area contributed by atoms with E-state index in [9.17, 15) is 27.2 Å². The van der Waals surface area contributed by atoms with Crippen molar-refractivity contribution in [2.24, 2.45) is 0 Å². The molecule has 0 radical (unpaired) electrons. The van der Waals surface area contributed by atoms with Gasteiger partial charge >= 0.3 is 12.2 Å². The van der Waals surface area contributed by atoms with Crippen molar-refractivity contribution in [3.05, 3.63) is 89.6 Å². The van der Waals surface area contributed by atoms with E-state index in [2.05, 4.69) is 5.32 Å². The monoisotopic (exact) mass is 491 g/mol. The summed E-state index contributed by atoms with van der Waals surface area (Å²) in [6.45, 7) is 1.99. The lowest BCUT2D eigenvalue weighted by molar-refractivity contribution is -0.137. The van der Waals surface area contributed by atoms with Crippen molar-refractivity contribution in [3.63, 3.8) is 0 Å². The van der Waals surface area contributed by atoms with Gasteiger partial charge in [0.25, 0.3) is 0 Å². The highest BCUT2D eigenvalue weighted by molar-refractivity contribution is 5.92. The smallest absolute Gasteiger partial charge is 0.416 e. The van der Waals surface area contributed by atoms with Crippen molar-refractivity contribution >= 4 is 17.6 Å². The molecule has 1 N–H and O–H groups in total. The van der Waals surface area contributed by atoms with Crippen molar-refractivity contribution in [2.45, 2.75) is 32.6 Å². The summed E-state index contributed by atoms with van der Waals surface area (Å²) in [4.78, 5) is 28.7. The number of nitrogens with one attached hydrogen (secondary N) is 1. The van der Waals surface area contributed by atoms with Gasteiger partial charge in [-0.25, -0.2) is 9.18 Å². The molecule has 0 saturated carbocycles.